The minimum atomic E-state index is 0.148. The Kier molecular flexibility index (Phi) is 5.41. The molecule has 1 N–H and O–H groups in total. The third-order valence-electron chi connectivity index (χ3n) is 3.70. The first-order valence-corrected chi connectivity index (χ1v) is 7.41. The Hall–Kier alpha value is -1.55. The number of rotatable bonds is 6. The highest BCUT2D eigenvalue weighted by molar-refractivity contribution is 5.76. The van der Waals surface area contributed by atoms with E-state index in [-0.39, 0.29) is 5.91 Å². The van der Waals surface area contributed by atoms with E-state index >= 15 is 0 Å². The Balaban J connectivity index is 1.79. The van der Waals surface area contributed by atoms with Gasteiger partial charge in [0, 0.05) is 38.3 Å². The number of anilines is 1. The average Bonchev–Trinajstić information content (AvgIpc) is 2.44. The molecule has 0 fully saturated rings. The van der Waals surface area contributed by atoms with Crippen LogP contribution in [0.1, 0.15) is 18.4 Å². The van der Waals surface area contributed by atoms with Gasteiger partial charge in [-0.3, -0.25) is 4.79 Å². The summed E-state index contributed by atoms with van der Waals surface area (Å²) in [5.41, 5.74) is 2.71. The van der Waals surface area contributed by atoms with Gasteiger partial charge >= 0.3 is 0 Å². The number of hydrogen-bond donors (Lipinski definition) is 1. The lowest BCUT2D eigenvalue weighted by Gasteiger charge is -2.31. The van der Waals surface area contributed by atoms with Crippen molar-refractivity contribution in [2.75, 3.05) is 45.2 Å². The van der Waals surface area contributed by atoms with Crippen molar-refractivity contribution >= 4 is 11.6 Å². The van der Waals surface area contributed by atoms with Crippen LogP contribution in [-0.2, 0) is 11.2 Å². The number of hydrogen-bond acceptors (Lipinski definition) is 3. The van der Waals surface area contributed by atoms with Crippen molar-refractivity contribution in [2.24, 2.45) is 0 Å². The quantitative estimate of drug-likeness (QED) is 0.855. The van der Waals surface area contributed by atoms with Gasteiger partial charge in [-0.1, -0.05) is 18.2 Å². The Morgan fingerprint density at radius 1 is 1.35 bits per heavy atom. The van der Waals surface area contributed by atoms with E-state index in [0.717, 1.165) is 32.6 Å². The second-order valence-electron chi connectivity index (χ2n) is 5.62. The van der Waals surface area contributed by atoms with Crippen LogP contribution in [0.5, 0.6) is 0 Å². The highest BCUT2D eigenvalue weighted by Crippen LogP contribution is 2.26. The first-order chi connectivity index (χ1) is 9.66. The molecular weight excluding hydrogens is 250 g/mol. The van der Waals surface area contributed by atoms with Crippen LogP contribution in [0.4, 0.5) is 5.69 Å². The number of carbonyl (C=O) groups is 1. The summed E-state index contributed by atoms with van der Waals surface area (Å²) in [5.74, 6) is 0.148. The molecule has 0 atom stereocenters. The highest BCUT2D eigenvalue weighted by atomic mass is 16.1. The number of amides is 1. The first-order valence-electron chi connectivity index (χ1n) is 7.41. The second kappa shape index (κ2) is 7.29. The largest absolute Gasteiger partial charge is 0.371 e. The van der Waals surface area contributed by atoms with Gasteiger partial charge in [-0.25, -0.2) is 0 Å². The minimum absolute atomic E-state index is 0.148. The highest BCUT2D eigenvalue weighted by Gasteiger charge is 2.16. The van der Waals surface area contributed by atoms with E-state index in [4.69, 9.17) is 0 Å². The van der Waals surface area contributed by atoms with Crippen molar-refractivity contribution in [3.63, 3.8) is 0 Å². The molecule has 110 valence electrons. The third kappa shape index (κ3) is 4.23. The number of fused-ring (bicyclic) bond motifs is 1. The number of likely N-dealkylation sites (N-methyl/N-ethyl adjacent to an activating group) is 1. The van der Waals surface area contributed by atoms with Crippen molar-refractivity contribution in [3.05, 3.63) is 29.8 Å². The fraction of sp³-hybridized carbons (Fsp3) is 0.562. The van der Waals surface area contributed by atoms with Gasteiger partial charge in [-0.15, -0.1) is 0 Å². The van der Waals surface area contributed by atoms with Gasteiger partial charge in [-0.2, -0.15) is 0 Å². The van der Waals surface area contributed by atoms with Gasteiger partial charge in [0.15, 0.2) is 0 Å². The standard InChI is InChI=1S/C16H25N3O/c1-18(2)13-10-17-16(20)9-12-19-11-5-7-14-6-3-4-8-15(14)19/h3-4,6,8H,5,7,9-13H2,1-2H3,(H,17,20). The molecule has 1 aliphatic rings. The summed E-state index contributed by atoms with van der Waals surface area (Å²) in [5, 5.41) is 2.97. The molecule has 1 aliphatic heterocycles. The Morgan fingerprint density at radius 2 is 2.15 bits per heavy atom. The number of nitrogens with zero attached hydrogens (tertiary/aromatic N) is 2. The molecule has 1 heterocycles. The summed E-state index contributed by atoms with van der Waals surface area (Å²) in [6.45, 7) is 3.48. The summed E-state index contributed by atoms with van der Waals surface area (Å²) in [6, 6.07) is 8.53. The van der Waals surface area contributed by atoms with Crippen LogP contribution in [-0.4, -0.2) is 51.1 Å². The second-order valence-corrected chi connectivity index (χ2v) is 5.62. The molecule has 0 aromatic heterocycles. The minimum Gasteiger partial charge on any atom is -0.371 e. The molecule has 0 saturated heterocycles. The molecule has 0 aliphatic carbocycles. The lowest BCUT2D eigenvalue weighted by Crippen LogP contribution is -2.36. The van der Waals surface area contributed by atoms with E-state index in [2.05, 4.69) is 39.4 Å². The van der Waals surface area contributed by atoms with Crippen LogP contribution in [0.25, 0.3) is 0 Å². The van der Waals surface area contributed by atoms with Gasteiger partial charge in [-0.05, 0) is 38.6 Å². The molecule has 4 heteroatoms. The summed E-state index contributed by atoms with van der Waals surface area (Å²) in [4.78, 5) is 16.2. The third-order valence-corrected chi connectivity index (χ3v) is 3.70. The van der Waals surface area contributed by atoms with Gasteiger partial charge in [0.2, 0.25) is 5.91 Å². The Morgan fingerprint density at radius 3 is 2.95 bits per heavy atom. The predicted octanol–water partition coefficient (Wildman–Crippen LogP) is 1.51. The molecule has 1 amide bonds. The summed E-state index contributed by atoms with van der Waals surface area (Å²) < 4.78 is 0. The van der Waals surface area contributed by atoms with Gasteiger partial charge < -0.3 is 15.1 Å². The zero-order valence-corrected chi connectivity index (χ0v) is 12.6. The predicted molar refractivity (Wildman–Crippen MR) is 83.2 cm³/mol. The van der Waals surface area contributed by atoms with Crippen molar-refractivity contribution in [3.8, 4) is 0 Å². The van der Waals surface area contributed by atoms with Crippen LogP contribution in [0, 0.1) is 0 Å². The fourth-order valence-corrected chi connectivity index (χ4v) is 2.59. The van der Waals surface area contributed by atoms with Crippen LogP contribution in [0.2, 0.25) is 0 Å². The number of nitrogens with one attached hydrogen (secondary N) is 1. The molecule has 0 saturated carbocycles. The number of carbonyl (C=O) groups excluding carboxylic acids is 1. The van der Waals surface area contributed by atoms with Gasteiger partial charge in [0.25, 0.3) is 0 Å². The maximum absolute atomic E-state index is 11.8. The van der Waals surface area contributed by atoms with Crippen molar-refractivity contribution in [1.29, 1.82) is 0 Å². The van der Waals surface area contributed by atoms with Crippen LogP contribution >= 0.6 is 0 Å². The van der Waals surface area contributed by atoms with E-state index in [1.165, 1.54) is 17.7 Å². The lowest BCUT2D eigenvalue weighted by atomic mass is 10.0. The zero-order valence-electron chi connectivity index (χ0n) is 12.6. The van der Waals surface area contributed by atoms with Crippen LogP contribution < -0.4 is 10.2 Å². The van der Waals surface area contributed by atoms with Crippen LogP contribution in [0.3, 0.4) is 0 Å². The van der Waals surface area contributed by atoms with E-state index in [0.29, 0.717) is 6.42 Å². The molecule has 1 aromatic carbocycles. The summed E-state index contributed by atoms with van der Waals surface area (Å²) in [7, 11) is 4.02. The van der Waals surface area contributed by atoms with Crippen molar-refractivity contribution in [1.82, 2.24) is 10.2 Å². The van der Waals surface area contributed by atoms with Crippen molar-refractivity contribution < 1.29 is 4.79 Å². The monoisotopic (exact) mass is 275 g/mol. The van der Waals surface area contributed by atoms with E-state index in [1.54, 1.807) is 0 Å². The Bertz CT molecular complexity index is 445. The molecule has 4 nitrogen and oxygen atoms in total. The van der Waals surface area contributed by atoms with Crippen LogP contribution in [0.15, 0.2) is 24.3 Å². The van der Waals surface area contributed by atoms with E-state index < -0.39 is 0 Å². The van der Waals surface area contributed by atoms with E-state index in [1.807, 2.05) is 14.1 Å². The van der Waals surface area contributed by atoms with Gasteiger partial charge in [0.1, 0.15) is 0 Å². The van der Waals surface area contributed by atoms with Gasteiger partial charge in [0.05, 0.1) is 0 Å². The SMILES string of the molecule is CN(C)CCNC(=O)CCN1CCCc2ccccc21. The van der Waals surface area contributed by atoms with Crippen molar-refractivity contribution in [2.45, 2.75) is 19.3 Å². The lowest BCUT2D eigenvalue weighted by molar-refractivity contribution is -0.120. The molecule has 0 radical (unpaired) electrons. The summed E-state index contributed by atoms with van der Waals surface area (Å²) >= 11 is 0. The summed E-state index contributed by atoms with van der Waals surface area (Å²) in [6.07, 6.45) is 2.91. The number of aryl methyl sites for hydroxylation is 1. The number of benzene rings is 1. The molecule has 0 unspecified atom stereocenters. The molecular formula is C16H25N3O. The number of para-hydroxylation sites is 1. The molecule has 2 rings (SSSR count). The molecule has 0 spiro atoms. The Labute approximate surface area is 121 Å². The maximum Gasteiger partial charge on any atom is 0.221 e. The molecule has 20 heavy (non-hydrogen) atoms. The molecule has 1 aromatic rings. The first kappa shape index (κ1) is 14.9. The van der Waals surface area contributed by atoms with E-state index in [9.17, 15) is 4.79 Å². The smallest absolute Gasteiger partial charge is 0.221 e. The average molecular weight is 275 g/mol. The fourth-order valence-electron chi connectivity index (χ4n) is 2.59. The topological polar surface area (TPSA) is 35.6 Å². The zero-order chi connectivity index (χ0) is 14.4. The maximum atomic E-state index is 11.8. The normalized spacial score (nSPS) is 14.2. The molecule has 0 bridgehead atoms.